The van der Waals surface area contributed by atoms with Gasteiger partial charge in [-0.05, 0) is 42.3 Å². The molecule has 1 aliphatic rings. The molecule has 0 bridgehead atoms. The summed E-state index contributed by atoms with van der Waals surface area (Å²) >= 11 is 0. The number of nitrogens with zero attached hydrogens (tertiary/aromatic N) is 2. The highest BCUT2D eigenvalue weighted by molar-refractivity contribution is 6.24. The topological polar surface area (TPSA) is 96.0 Å². The monoisotopic (exact) mass is 471 g/mol. The van der Waals surface area contributed by atoms with E-state index in [0.29, 0.717) is 11.4 Å². The van der Waals surface area contributed by atoms with Gasteiger partial charge >= 0.3 is 0 Å². The third-order valence-electron chi connectivity index (χ3n) is 5.70. The van der Waals surface area contributed by atoms with E-state index in [-0.39, 0.29) is 18.4 Å². The number of anilines is 1. The van der Waals surface area contributed by atoms with E-state index in [9.17, 15) is 19.2 Å². The SMILES string of the molecule is COc1ccc(C)cc1N1C(=O)CC(N(NC(=O)Cc2ccccc2)C(=O)c2ccccc2)C1=O. The third kappa shape index (κ3) is 5.06. The van der Waals surface area contributed by atoms with Crippen LogP contribution in [-0.4, -0.2) is 41.8 Å². The van der Waals surface area contributed by atoms with Crippen LogP contribution in [0.25, 0.3) is 0 Å². The van der Waals surface area contributed by atoms with Gasteiger partial charge in [0.15, 0.2) is 0 Å². The molecule has 3 aromatic rings. The lowest BCUT2D eigenvalue weighted by Crippen LogP contribution is -2.55. The van der Waals surface area contributed by atoms with Gasteiger partial charge in [0.05, 0.1) is 25.6 Å². The third-order valence-corrected chi connectivity index (χ3v) is 5.70. The van der Waals surface area contributed by atoms with E-state index in [1.165, 1.54) is 7.11 Å². The maximum atomic E-state index is 13.5. The first-order chi connectivity index (χ1) is 16.9. The van der Waals surface area contributed by atoms with Crippen LogP contribution in [0.5, 0.6) is 5.75 Å². The van der Waals surface area contributed by atoms with Crippen LogP contribution >= 0.6 is 0 Å². The molecular formula is C27H25N3O5. The molecular weight excluding hydrogens is 446 g/mol. The fourth-order valence-electron chi connectivity index (χ4n) is 3.99. The number of methoxy groups -OCH3 is 1. The molecule has 4 rings (SSSR count). The number of benzene rings is 3. The Labute approximate surface area is 203 Å². The van der Waals surface area contributed by atoms with E-state index in [1.807, 2.05) is 25.1 Å². The standard InChI is InChI=1S/C27H25N3O5/c1-18-13-14-23(35-2)21(15-18)29-25(32)17-22(27(29)34)30(26(33)20-11-7-4-8-12-20)28-24(31)16-19-9-5-3-6-10-19/h3-15,22H,16-17H2,1-2H3,(H,28,31). The van der Waals surface area contributed by atoms with Crippen molar-refractivity contribution in [3.8, 4) is 5.75 Å². The van der Waals surface area contributed by atoms with E-state index in [1.54, 1.807) is 60.7 Å². The second-order valence-corrected chi connectivity index (χ2v) is 8.20. The zero-order valence-corrected chi connectivity index (χ0v) is 19.4. The fraction of sp³-hybridized carbons (Fsp3) is 0.185. The Morgan fingerprint density at radius 2 is 1.66 bits per heavy atom. The Morgan fingerprint density at radius 3 is 2.31 bits per heavy atom. The number of ether oxygens (including phenoxy) is 1. The van der Waals surface area contributed by atoms with Gasteiger partial charge in [-0.25, -0.2) is 9.91 Å². The molecule has 8 nitrogen and oxygen atoms in total. The van der Waals surface area contributed by atoms with Crippen molar-refractivity contribution in [1.29, 1.82) is 0 Å². The highest BCUT2D eigenvalue weighted by Crippen LogP contribution is 2.34. The van der Waals surface area contributed by atoms with Gasteiger partial charge in [0.25, 0.3) is 11.8 Å². The molecule has 0 aliphatic carbocycles. The number of hydrogen-bond acceptors (Lipinski definition) is 5. The van der Waals surface area contributed by atoms with Gasteiger partial charge in [0.1, 0.15) is 11.8 Å². The van der Waals surface area contributed by atoms with Crippen molar-refractivity contribution >= 4 is 29.3 Å². The summed E-state index contributed by atoms with van der Waals surface area (Å²) in [5, 5.41) is 0.975. The molecule has 0 spiro atoms. The number of hydrogen-bond donors (Lipinski definition) is 1. The van der Waals surface area contributed by atoms with Crippen molar-refractivity contribution in [2.24, 2.45) is 0 Å². The molecule has 3 aromatic carbocycles. The minimum Gasteiger partial charge on any atom is -0.495 e. The summed E-state index contributed by atoms with van der Waals surface area (Å²) < 4.78 is 5.36. The zero-order valence-electron chi connectivity index (χ0n) is 19.4. The summed E-state index contributed by atoms with van der Waals surface area (Å²) in [7, 11) is 1.45. The summed E-state index contributed by atoms with van der Waals surface area (Å²) in [4.78, 5) is 53.8. The summed E-state index contributed by atoms with van der Waals surface area (Å²) in [5.74, 6) is -1.83. The maximum absolute atomic E-state index is 13.5. The van der Waals surface area contributed by atoms with Crippen LogP contribution in [0.3, 0.4) is 0 Å². The van der Waals surface area contributed by atoms with E-state index in [0.717, 1.165) is 21.0 Å². The molecule has 0 saturated carbocycles. The first-order valence-corrected chi connectivity index (χ1v) is 11.1. The minimum atomic E-state index is -1.21. The van der Waals surface area contributed by atoms with Gasteiger partial charge in [0.2, 0.25) is 11.8 Å². The van der Waals surface area contributed by atoms with Crippen LogP contribution in [0.2, 0.25) is 0 Å². The van der Waals surface area contributed by atoms with E-state index < -0.39 is 29.7 Å². The lowest BCUT2D eigenvalue weighted by Gasteiger charge is -2.28. The van der Waals surface area contributed by atoms with Crippen molar-refractivity contribution < 1.29 is 23.9 Å². The minimum absolute atomic E-state index is 0.00365. The Hall–Kier alpha value is -4.46. The van der Waals surface area contributed by atoms with Crippen LogP contribution in [0.15, 0.2) is 78.9 Å². The Morgan fingerprint density at radius 1 is 1.00 bits per heavy atom. The second-order valence-electron chi connectivity index (χ2n) is 8.20. The molecule has 35 heavy (non-hydrogen) atoms. The normalized spacial score (nSPS) is 15.1. The highest BCUT2D eigenvalue weighted by Gasteiger charge is 2.46. The van der Waals surface area contributed by atoms with Crippen LogP contribution in [0.1, 0.15) is 27.9 Å². The van der Waals surface area contributed by atoms with Crippen LogP contribution in [0.4, 0.5) is 5.69 Å². The molecule has 0 radical (unpaired) electrons. The van der Waals surface area contributed by atoms with Crippen molar-refractivity contribution in [3.63, 3.8) is 0 Å². The number of aryl methyl sites for hydroxylation is 1. The molecule has 1 saturated heterocycles. The number of nitrogens with one attached hydrogen (secondary N) is 1. The molecule has 1 fully saturated rings. The molecule has 1 atom stereocenters. The molecule has 1 N–H and O–H groups in total. The second kappa shape index (κ2) is 10.2. The van der Waals surface area contributed by atoms with Gasteiger partial charge in [-0.1, -0.05) is 54.6 Å². The van der Waals surface area contributed by atoms with Crippen molar-refractivity contribution in [2.45, 2.75) is 25.8 Å². The van der Waals surface area contributed by atoms with Gasteiger partial charge in [-0.15, -0.1) is 0 Å². The average molecular weight is 472 g/mol. The molecule has 1 aliphatic heterocycles. The zero-order chi connectivity index (χ0) is 24.9. The Kier molecular flexibility index (Phi) is 6.91. The van der Waals surface area contributed by atoms with Gasteiger partial charge in [0, 0.05) is 5.56 Å². The molecule has 8 heteroatoms. The highest BCUT2D eigenvalue weighted by atomic mass is 16.5. The Bertz CT molecular complexity index is 1260. The summed E-state index contributed by atoms with van der Waals surface area (Å²) in [6.45, 7) is 1.83. The van der Waals surface area contributed by atoms with Crippen molar-refractivity contribution in [3.05, 3.63) is 95.6 Å². The largest absolute Gasteiger partial charge is 0.495 e. The smallest absolute Gasteiger partial charge is 0.273 e. The quantitative estimate of drug-likeness (QED) is 0.440. The van der Waals surface area contributed by atoms with Crippen LogP contribution in [0, 0.1) is 6.92 Å². The number of carbonyl (C=O) groups is 4. The van der Waals surface area contributed by atoms with Crippen molar-refractivity contribution in [1.82, 2.24) is 10.4 Å². The fourth-order valence-corrected chi connectivity index (χ4v) is 3.99. The lowest BCUT2D eigenvalue weighted by atomic mass is 10.1. The van der Waals surface area contributed by atoms with E-state index in [2.05, 4.69) is 5.43 Å². The van der Waals surface area contributed by atoms with Crippen LogP contribution < -0.4 is 15.1 Å². The number of hydrazine groups is 1. The lowest BCUT2D eigenvalue weighted by molar-refractivity contribution is -0.128. The van der Waals surface area contributed by atoms with E-state index in [4.69, 9.17) is 4.74 Å². The summed E-state index contributed by atoms with van der Waals surface area (Å²) in [5.41, 5.74) is 4.74. The predicted molar refractivity (Wildman–Crippen MR) is 130 cm³/mol. The predicted octanol–water partition coefficient (Wildman–Crippen LogP) is 3.05. The summed E-state index contributed by atoms with van der Waals surface area (Å²) in [6, 6.07) is 21.3. The Balaban J connectivity index is 1.66. The first-order valence-electron chi connectivity index (χ1n) is 11.1. The van der Waals surface area contributed by atoms with Gasteiger partial charge in [-0.2, -0.15) is 0 Å². The number of imide groups is 1. The molecule has 178 valence electrons. The molecule has 1 unspecified atom stereocenters. The molecule has 1 heterocycles. The van der Waals surface area contributed by atoms with Gasteiger partial charge in [-0.3, -0.25) is 24.6 Å². The number of rotatable bonds is 6. The van der Waals surface area contributed by atoms with E-state index >= 15 is 0 Å². The summed E-state index contributed by atoms with van der Waals surface area (Å²) in [6.07, 6.45) is -0.274. The molecule has 0 aromatic heterocycles. The number of amides is 4. The maximum Gasteiger partial charge on any atom is 0.273 e. The van der Waals surface area contributed by atoms with Gasteiger partial charge < -0.3 is 4.74 Å². The van der Waals surface area contributed by atoms with Crippen molar-refractivity contribution in [2.75, 3.05) is 12.0 Å². The first kappa shape index (κ1) is 23.7. The average Bonchev–Trinajstić information content (AvgIpc) is 3.16. The number of carbonyl (C=O) groups excluding carboxylic acids is 4. The van der Waals surface area contributed by atoms with Crippen LogP contribution in [-0.2, 0) is 20.8 Å². The molecule has 4 amide bonds.